The molecule has 19 heteroatoms. The zero-order chi connectivity index (χ0) is 57.8. The van der Waals surface area contributed by atoms with Gasteiger partial charge in [0.05, 0.1) is 48.7 Å². The molecular weight excluding hydrogens is 983 g/mol. The third kappa shape index (κ3) is 19.0. The SMILES string of the molecule is CC[C@H](C)[C@@H]([C@@H](CC(=O)N1CCC[C@H]1[C@H](OC)[C@@H](C)C(=O)[C@@H](Cc1ccccc1)C(=O)Cc1ccc(NC(=O)[C@H](CCCNC(N)=O)NC(=O)[C@@H](N)C(C)C)cc1)OC)N(C)C(=O)[C@@H](NC(=O)[C@H](C(C)C)N(C)C)C(C)C. The lowest BCUT2D eigenvalue weighted by molar-refractivity contribution is -0.148. The minimum absolute atomic E-state index is 0.00640. The van der Waals surface area contributed by atoms with Crippen LogP contribution >= 0.6 is 0 Å². The van der Waals surface area contributed by atoms with Crippen molar-refractivity contribution in [2.75, 3.05) is 53.8 Å². The number of amides is 7. The van der Waals surface area contributed by atoms with Crippen molar-refractivity contribution in [3.63, 3.8) is 0 Å². The Kier molecular flexibility index (Phi) is 26.9. The predicted molar refractivity (Wildman–Crippen MR) is 299 cm³/mol. The Labute approximate surface area is 458 Å². The number of hydrogen-bond donors (Lipinski definition) is 6. The van der Waals surface area contributed by atoms with Crippen LogP contribution in [0.1, 0.15) is 112 Å². The van der Waals surface area contributed by atoms with E-state index in [4.69, 9.17) is 20.9 Å². The summed E-state index contributed by atoms with van der Waals surface area (Å²) in [4.78, 5) is 115. The Bertz CT molecular complexity index is 2240. The van der Waals surface area contributed by atoms with Crippen LogP contribution in [0.3, 0.4) is 0 Å². The standard InChI is InChI=1S/C58H93N9O10/c1-15-37(8)51(66(12)57(74)49(35(4)5)64-56(73)50(36(6)7)65(10)11)46(76-13)33-47(69)67-30-20-24-44(67)53(77-14)38(9)52(70)42(31-39-21-17-16-18-22-39)45(68)32-40-25-27-41(28-26-40)62-54(71)43(23-19-29-61-58(60)75)63-55(72)48(59)34(2)3/h16-18,21-22,25-28,34-38,42-44,46,48-51,53H,15,19-20,23-24,29-33,59H2,1-14H3,(H,62,71)(H,63,72)(H,64,73)(H3,60,61,75)/t37-,38-,42-,43-,44-,46+,48-,49-,50-,51-,53+/m0/s1. The van der Waals surface area contributed by atoms with Crippen molar-refractivity contribution in [2.24, 2.45) is 47.0 Å². The van der Waals surface area contributed by atoms with Gasteiger partial charge in [-0.2, -0.15) is 0 Å². The molecule has 3 rings (SSSR count). The van der Waals surface area contributed by atoms with E-state index in [-0.39, 0.29) is 85.2 Å². The number of likely N-dealkylation sites (tertiary alicyclic amines) is 1. The Morgan fingerprint density at radius 3 is 1.95 bits per heavy atom. The van der Waals surface area contributed by atoms with Crippen LogP contribution in [-0.4, -0.2) is 159 Å². The van der Waals surface area contributed by atoms with Crippen LogP contribution in [-0.2, 0) is 55.9 Å². The van der Waals surface area contributed by atoms with Crippen molar-refractivity contribution in [1.29, 1.82) is 0 Å². The fraction of sp³-hybridized carbons (Fsp3) is 0.655. The average molecular weight is 1080 g/mol. The van der Waals surface area contributed by atoms with Crippen LogP contribution in [0.15, 0.2) is 54.6 Å². The number of ketones is 2. The first-order valence-corrected chi connectivity index (χ1v) is 27.5. The van der Waals surface area contributed by atoms with Crippen molar-refractivity contribution >= 4 is 52.8 Å². The zero-order valence-electron chi connectivity index (χ0n) is 48.4. The number of ether oxygens (including phenoxy) is 2. The van der Waals surface area contributed by atoms with Crippen LogP contribution in [0.5, 0.6) is 0 Å². The maximum atomic E-state index is 14.9. The summed E-state index contributed by atoms with van der Waals surface area (Å²) in [6.07, 6.45) is 1.02. The van der Waals surface area contributed by atoms with Crippen molar-refractivity contribution < 1.29 is 47.8 Å². The van der Waals surface area contributed by atoms with Crippen molar-refractivity contribution in [2.45, 2.75) is 162 Å². The molecular formula is C58H93N9O10. The predicted octanol–water partition coefficient (Wildman–Crippen LogP) is 4.73. The first-order chi connectivity index (χ1) is 36.3. The van der Waals surface area contributed by atoms with Crippen molar-refractivity contribution in [3.8, 4) is 0 Å². The van der Waals surface area contributed by atoms with Crippen LogP contribution in [0.25, 0.3) is 0 Å². The van der Waals surface area contributed by atoms with Gasteiger partial charge >= 0.3 is 6.03 Å². The molecule has 0 spiro atoms. The number of nitrogens with zero attached hydrogens (tertiary/aromatic N) is 3. The van der Waals surface area contributed by atoms with Crippen LogP contribution in [0, 0.1) is 35.5 Å². The van der Waals surface area contributed by atoms with Gasteiger partial charge in [0, 0.05) is 52.4 Å². The van der Waals surface area contributed by atoms with Gasteiger partial charge in [-0.05, 0) is 93.1 Å². The monoisotopic (exact) mass is 1080 g/mol. The molecule has 8 N–H and O–H groups in total. The molecule has 1 aliphatic rings. The highest BCUT2D eigenvalue weighted by atomic mass is 16.5. The lowest BCUT2D eigenvalue weighted by atomic mass is 9.80. The summed E-state index contributed by atoms with van der Waals surface area (Å²) >= 11 is 0. The number of hydrogen-bond acceptors (Lipinski definition) is 12. The van der Waals surface area contributed by atoms with Crippen LogP contribution < -0.4 is 32.7 Å². The molecule has 0 bridgehead atoms. The Balaban J connectivity index is 1.85. The Morgan fingerprint density at radius 1 is 0.779 bits per heavy atom. The first-order valence-electron chi connectivity index (χ1n) is 27.5. The molecule has 1 fully saturated rings. The second-order valence-electron chi connectivity index (χ2n) is 22.2. The Morgan fingerprint density at radius 2 is 1.42 bits per heavy atom. The van der Waals surface area contributed by atoms with Gasteiger partial charge in [0.15, 0.2) is 0 Å². The van der Waals surface area contributed by atoms with Gasteiger partial charge in [0.25, 0.3) is 0 Å². The first kappa shape index (κ1) is 65.5. The molecule has 0 saturated carbocycles. The van der Waals surface area contributed by atoms with Gasteiger partial charge in [-0.25, -0.2) is 4.79 Å². The van der Waals surface area contributed by atoms with E-state index in [1.165, 1.54) is 14.2 Å². The van der Waals surface area contributed by atoms with E-state index in [2.05, 4.69) is 21.3 Å². The largest absolute Gasteiger partial charge is 0.379 e. The lowest BCUT2D eigenvalue weighted by Gasteiger charge is -2.41. The molecule has 77 heavy (non-hydrogen) atoms. The Hall–Kier alpha value is -5.76. The van der Waals surface area contributed by atoms with Crippen LogP contribution in [0.2, 0.25) is 0 Å². The van der Waals surface area contributed by atoms with E-state index >= 15 is 0 Å². The maximum absolute atomic E-state index is 14.9. The number of rotatable bonds is 32. The number of carbonyl (C=O) groups excluding carboxylic acids is 8. The average Bonchev–Trinajstić information content (AvgIpc) is 3.87. The van der Waals surface area contributed by atoms with Crippen molar-refractivity contribution in [1.82, 2.24) is 30.7 Å². The van der Waals surface area contributed by atoms with Crippen LogP contribution in [0.4, 0.5) is 10.5 Å². The highest BCUT2D eigenvalue weighted by molar-refractivity contribution is 6.04. The van der Waals surface area contributed by atoms with Crippen molar-refractivity contribution in [3.05, 3.63) is 65.7 Å². The van der Waals surface area contributed by atoms with Gasteiger partial charge in [-0.3, -0.25) is 38.5 Å². The molecule has 0 aromatic heterocycles. The number of urea groups is 1. The zero-order valence-corrected chi connectivity index (χ0v) is 48.4. The normalized spacial score (nSPS) is 17.6. The third-order valence-corrected chi connectivity index (χ3v) is 15.2. The van der Waals surface area contributed by atoms with Gasteiger partial charge in [0.1, 0.15) is 23.7 Å². The molecule has 19 nitrogen and oxygen atoms in total. The molecule has 0 radical (unpaired) electrons. The molecule has 1 heterocycles. The van der Waals surface area contributed by atoms with Gasteiger partial charge in [-0.15, -0.1) is 0 Å². The van der Waals surface area contributed by atoms with E-state index in [0.717, 1.165) is 5.56 Å². The molecule has 1 aliphatic heterocycles. The van der Waals surface area contributed by atoms with E-state index in [0.29, 0.717) is 43.5 Å². The number of methoxy groups -OCH3 is 2. The molecule has 2 aromatic carbocycles. The minimum atomic E-state index is -1.05. The highest BCUT2D eigenvalue weighted by Gasteiger charge is 2.45. The number of carbonyl (C=O) groups is 8. The molecule has 0 unspecified atom stereocenters. The number of likely N-dealkylation sites (N-methyl/N-ethyl adjacent to an activating group) is 2. The second-order valence-corrected chi connectivity index (χ2v) is 22.2. The summed E-state index contributed by atoms with van der Waals surface area (Å²) in [7, 11) is 8.45. The molecule has 1 saturated heterocycles. The highest BCUT2D eigenvalue weighted by Crippen LogP contribution is 2.32. The number of benzene rings is 2. The number of anilines is 1. The molecule has 430 valence electrons. The quantitative estimate of drug-likeness (QED) is 0.0429. The summed E-state index contributed by atoms with van der Waals surface area (Å²) in [5.74, 6) is -4.65. The number of nitrogens with two attached hydrogens (primary N) is 2. The topological polar surface area (TPSA) is 265 Å². The van der Waals surface area contributed by atoms with Gasteiger partial charge < -0.3 is 52.0 Å². The summed E-state index contributed by atoms with van der Waals surface area (Å²) in [6.45, 7) is 17.7. The van der Waals surface area contributed by atoms with Gasteiger partial charge in [-0.1, -0.05) is 111 Å². The molecule has 7 amide bonds. The molecule has 2 aromatic rings. The van der Waals surface area contributed by atoms with E-state index < -0.39 is 78.1 Å². The van der Waals surface area contributed by atoms with E-state index in [1.807, 2.05) is 90.9 Å². The van der Waals surface area contributed by atoms with E-state index in [9.17, 15) is 38.4 Å². The smallest absolute Gasteiger partial charge is 0.312 e. The number of nitrogens with one attached hydrogen (secondary N) is 4. The number of primary amides is 1. The van der Waals surface area contributed by atoms with Gasteiger partial charge in [0.2, 0.25) is 29.5 Å². The minimum Gasteiger partial charge on any atom is -0.379 e. The third-order valence-electron chi connectivity index (χ3n) is 15.2. The molecule has 0 aliphatic carbocycles. The summed E-state index contributed by atoms with van der Waals surface area (Å²) in [5.41, 5.74) is 13.1. The maximum Gasteiger partial charge on any atom is 0.312 e. The fourth-order valence-electron chi connectivity index (χ4n) is 10.6. The second kappa shape index (κ2) is 31.6. The summed E-state index contributed by atoms with van der Waals surface area (Å²) in [6, 6.07) is 11.2. The lowest BCUT2D eigenvalue weighted by Crippen LogP contribution is -2.59. The fourth-order valence-corrected chi connectivity index (χ4v) is 10.6. The summed E-state index contributed by atoms with van der Waals surface area (Å²) in [5, 5.41) is 11.1. The van der Waals surface area contributed by atoms with E-state index in [1.54, 1.807) is 61.9 Å². The molecule has 11 atom stereocenters. The summed E-state index contributed by atoms with van der Waals surface area (Å²) < 4.78 is 12.2. The number of Topliss-reactive ketones (excluding diaryl/α,β-unsaturated/α-hetero) is 2.